The van der Waals surface area contributed by atoms with Crippen LogP contribution in [0.25, 0.3) is 5.69 Å². The van der Waals surface area contributed by atoms with Gasteiger partial charge in [-0.25, -0.2) is 9.07 Å². The molecule has 1 aromatic heterocycles. The fourth-order valence-corrected chi connectivity index (χ4v) is 3.72. The van der Waals surface area contributed by atoms with Crippen LogP contribution >= 0.6 is 0 Å². The van der Waals surface area contributed by atoms with Crippen molar-refractivity contribution < 1.29 is 14.0 Å². The van der Waals surface area contributed by atoms with E-state index in [0.717, 1.165) is 11.3 Å². The number of carbonyl (C=O) groups excluding carboxylic acids is 2. The monoisotopic (exact) mass is 434 g/mol. The number of halogens is 1. The second kappa shape index (κ2) is 9.13. The molecule has 0 N–H and O–H groups in total. The van der Waals surface area contributed by atoms with Crippen LogP contribution in [0.4, 0.5) is 4.39 Å². The van der Waals surface area contributed by atoms with Gasteiger partial charge in [0.2, 0.25) is 11.3 Å². The minimum Gasteiger partial charge on any atom is -0.339 e. The first-order chi connectivity index (χ1) is 15.4. The van der Waals surface area contributed by atoms with Gasteiger partial charge in [-0.3, -0.25) is 14.4 Å². The Morgan fingerprint density at radius 3 is 2.22 bits per heavy atom. The fourth-order valence-electron chi connectivity index (χ4n) is 3.72. The van der Waals surface area contributed by atoms with Gasteiger partial charge < -0.3 is 9.80 Å². The van der Waals surface area contributed by atoms with Gasteiger partial charge in [0, 0.05) is 37.9 Å². The summed E-state index contributed by atoms with van der Waals surface area (Å²) in [6, 6.07) is 16.6. The smallest absolute Gasteiger partial charge is 0.278 e. The average Bonchev–Trinajstić information content (AvgIpc) is 2.81. The van der Waals surface area contributed by atoms with Gasteiger partial charge in [-0.1, -0.05) is 30.3 Å². The van der Waals surface area contributed by atoms with Gasteiger partial charge in [-0.2, -0.15) is 5.10 Å². The Morgan fingerprint density at radius 1 is 0.938 bits per heavy atom. The molecule has 4 rings (SSSR count). The SMILES string of the molecule is Cc1cc(=O)c(C(=O)N2CCN(C(=O)Cc3ccc(F)cc3)CC2)nn1-c1ccccc1. The summed E-state index contributed by atoms with van der Waals surface area (Å²) >= 11 is 0. The van der Waals surface area contributed by atoms with E-state index in [1.54, 1.807) is 33.5 Å². The standard InChI is InChI=1S/C24H23FN4O3/c1-17-15-21(30)23(26-29(17)20-5-3-2-4-6-20)24(32)28-13-11-27(12-14-28)22(31)16-18-7-9-19(25)10-8-18/h2-10,15H,11-14,16H2,1H3. The number of piperazine rings is 1. The molecule has 1 fully saturated rings. The van der Waals surface area contributed by atoms with Crippen LogP contribution in [-0.2, 0) is 11.2 Å². The highest BCUT2D eigenvalue weighted by Gasteiger charge is 2.27. The Kier molecular flexibility index (Phi) is 6.11. The maximum absolute atomic E-state index is 13.0. The highest BCUT2D eigenvalue weighted by molar-refractivity contribution is 5.92. The molecule has 8 heteroatoms. The summed E-state index contributed by atoms with van der Waals surface area (Å²) in [4.78, 5) is 41.3. The molecule has 0 radical (unpaired) electrons. The lowest BCUT2D eigenvalue weighted by atomic mass is 10.1. The van der Waals surface area contributed by atoms with Crippen LogP contribution in [0.2, 0.25) is 0 Å². The molecule has 32 heavy (non-hydrogen) atoms. The fraction of sp³-hybridized carbons (Fsp3) is 0.250. The summed E-state index contributed by atoms with van der Waals surface area (Å²) in [5.41, 5.74) is 1.57. The van der Waals surface area contributed by atoms with E-state index in [2.05, 4.69) is 5.10 Å². The molecule has 1 aliphatic rings. The summed E-state index contributed by atoms with van der Waals surface area (Å²) in [5, 5.41) is 4.34. The average molecular weight is 434 g/mol. The van der Waals surface area contributed by atoms with Crippen LogP contribution < -0.4 is 5.43 Å². The molecule has 2 heterocycles. The van der Waals surface area contributed by atoms with Crippen LogP contribution in [0.15, 0.2) is 65.5 Å². The van der Waals surface area contributed by atoms with Gasteiger partial charge in [0.25, 0.3) is 5.91 Å². The molecular weight excluding hydrogens is 411 g/mol. The second-order valence-corrected chi connectivity index (χ2v) is 7.72. The molecule has 2 amide bonds. The zero-order valence-corrected chi connectivity index (χ0v) is 17.7. The number of hydrogen-bond donors (Lipinski definition) is 0. The normalized spacial score (nSPS) is 13.8. The predicted octanol–water partition coefficient (Wildman–Crippen LogP) is 2.21. The molecular formula is C24H23FN4O3. The minimum absolute atomic E-state index is 0.0800. The Balaban J connectivity index is 1.44. The molecule has 0 saturated carbocycles. The zero-order chi connectivity index (χ0) is 22.7. The van der Waals surface area contributed by atoms with Crippen molar-refractivity contribution in [2.75, 3.05) is 26.2 Å². The molecule has 3 aromatic rings. The van der Waals surface area contributed by atoms with E-state index < -0.39 is 11.3 Å². The summed E-state index contributed by atoms with van der Waals surface area (Å²) in [5.74, 6) is -0.863. The first kappa shape index (κ1) is 21.4. The van der Waals surface area contributed by atoms with Crippen LogP contribution in [0.1, 0.15) is 21.7 Å². The lowest BCUT2D eigenvalue weighted by Gasteiger charge is -2.34. The largest absolute Gasteiger partial charge is 0.339 e. The second-order valence-electron chi connectivity index (χ2n) is 7.72. The molecule has 0 spiro atoms. The number of aromatic nitrogens is 2. The molecule has 0 aliphatic carbocycles. The maximum Gasteiger partial charge on any atom is 0.278 e. The van der Waals surface area contributed by atoms with Gasteiger partial charge >= 0.3 is 0 Å². The van der Waals surface area contributed by atoms with E-state index in [9.17, 15) is 18.8 Å². The lowest BCUT2D eigenvalue weighted by molar-refractivity contribution is -0.131. The van der Waals surface area contributed by atoms with Crippen LogP contribution in [0, 0.1) is 12.7 Å². The quantitative estimate of drug-likeness (QED) is 0.631. The number of aryl methyl sites for hydroxylation is 1. The maximum atomic E-state index is 13.0. The molecule has 1 saturated heterocycles. The summed E-state index contributed by atoms with van der Waals surface area (Å²) in [6.45, 7) is 3.12. The Hall–Kier alpha value is -3.81. The first-order valence-electron chi connectivity index (χ1n) is 10.4. The number of carbonyl (C=O) groups is 2. The lowest BCUT2D eigenvalue weighted by Crippen LogP contribution is -2.51. The van der Waals surface area contributed by atoms with Crippen LogP contribution in [-0.4, -0.2) is 57.6 Å². The van der Waals surface area contributed by atoms with E-state index in [1.165, 1.54) is 18.2 Å². The number of nitrogens with zero attached hydrogens (tertiary/aromatic N) is 4. The third-order valence-corrected chi connectivity index (χ3v) is 5.50. The molecule has 0 bridgehead atoms. The van der Waals surface area contributed by atoms with Gasteiger partial charge in [0.1, 0.15) is 5.82 Å². The molecule has 2 aromatic carbocycles. The van der Waals surface area contributed by atoms with Crippen molar-refractivity contribution in [2.24, 2.45) is 0 Å². The van der Waals surface area contributed by atoms with E-state index in [-0.39, 0.29) is 23.8 Å². The Labute approximate surface area is 184 Å². The molecule has 164 valence electrons. The van der Waals surface area contributed by atoms with E-state index in [1.807, 2.05) is 30.3 Å². The van der Waals surface area contributed by atoms with Crippen molar-refractivity contribution >= 4 is 11.8 Å². The van der Waals surface area contributed by atoms with Crippen molar-refractivity contribution in [3.8, 4) is 5.69 Å². The number of rotatable bonds is 4. The van der Waals surface area contributed by atoms with Gasteiger partial charge in [-0.05, 0) is 36.8 Å². The highest BCUT2D eigenvalue weighted by Crippen LogP contribution is 2.12. The van der Waals surface area contributed by atoms with Gasteiger partial charge in [-0.15, -0.1) is 0 Å². The summed E-state index contributed by atoms with van der Waals surface area (Å²) in [6.07, 6.45) is 0.176. The third-order valence-electron chi connectivity index (χ3n) is 5.50. The number of hydrogen-bond acceptors (Lipinski definition) is 4. The minimum atomic E-state index is -0.440. The molecule has 0 atom stereocenters. The van der Waals surface area contributed by atoms with Crippen molar-refractivity contribution in [1.29, 1.82) is 0 Å². The Morgan fingerprint density at radius 2 is 1.56 bits per heavy atom. The van der Waals surface area contributed by atoms with Crippen molar-refractivity contribution in [1.82, 2.24) is 19.6 Å². The van der Waals surface area contributed by atoms with Gasteiger partial charge in [0.05, 0.1) is 12.1 Å². The van der Waals surface area contributed by atoms with E-state index in [0.29, 0.717) is 31.9 Å². The van der Waals surface area contributed by atoms with Crippen molar-refractivity contribution in [3.05, 3.63) is 93.7 Å². The summed E-state index contributed by atoms with van der Waals surface area (Å²) in [7, 11) is 0. The topological polar surface area (TPSA) is 75.5 Å². The number of para-hydroxylation sites is 1. The first-order valence-corrected chi connectivity index (χ1v) is 10.4. The third kappa shape index (κ3) is 4.59. The molecule has 1 aliphatic heterocycles. The highest BCUT2D eigenvalue weighted by atomic mass is 19.1. The predicted molar refractivity (Wildman–Crippen MR) is 117 cm³/mol. The molecule has 0 unspecified atom stereocenters. The van der Waals surface area contributed by atoms with Crippen molar-refractivity contribution in [3.63, 3.8) is 0 Å². The van der Waals surface area contributed by atoms with E-state index in [4.69, 9.17) is 0 Å². The van der Waals surface area contributed by atoms with E-state index >= 15 is 0 Å². The van der Waals surface area contributed by atoms with Crippen molar-refractivity contribution in [2.45, 2.75) is 13.3 Å². The van der Waals surface area contributed by atoms with Crippen LogP contribution in [0.5, 0.6) is 0 Å². The zero-order valence-electron chi connectivity index (χ0n) is 17.7. The number of amides is 2. The van der Waals surface area contributed by atoms with Crippen LogP contribution in [0.3, 0.4) is 0 Å². The number of benzene rings is 2. The summed E-state index contributed by atoms with van der Waals surface area (Å²) < 4.78 is 14.6. The van der Waals surface area contributed by atoms with Gasteiger partial charge in [0.15, 0.2) is 5.69 Å². The molecule has 7 nitrogen and oxygen atoms in total. The Bertz CT molecular complexity index is 1180.